The molecule has 1 aromatic carbocycles. The number of hydrogen-bond donors (Lipinski definition) is 1. The fourth-order valence-corrected chi connectivity index (χ4v) is 4.40. The van der Waals surface area contributed by atoms with Crippen LogP contribution in [0.4, 0.5) is 0 Å². The van der Waals surface area contributed by atoms with Gasteiger partial charge in [-0.25, -0.2) is 8.42 Å². The van der Waals surface area contributed by atoms with Gasteiger partial charge in [0.15, 0.2) is 0 Å². The maximum Gasteiger partial charge on any atom is 0.243 e. The van der Waals surface area contributed by atoms with Gasteiger partial charge in [-0.3, -0.25) is 0 Å². The number of ether oxygens (including phenoxy) is 1. The van der Waals surface area contributed by atoms with Crippen molar-refractivity contribution in [1.29, 1.82) is 0 Å². The molecule has 0 aliphatic carbocycles. The standard InChI is InChI=1S/C13H19BrN2O3S/c1-19-12-6-7-16(11(8-12)9-15)20(17,18)13-4-2-10(14)3-5-13/h2-5,11-12H,6-9,15H2,1H3. The van der Waals surface area contributed by atoms with Gasteiger partial charge >= 0.3 is 0 Å². The van der Waals surface area contributed by atoms with Crippen molar-refractivity contribution in [1.82, 2.24) is 4.31 Å². The van der Waals surface area contributed by atoms with Gasteiger partial charge in [-0.05, 0) is 37.1 Å². The molecule has 112 valence electrons. The van der Waals surface area contributed by atoms with Crippen molar-refractivity contribution in [2.45, 2.75) is 29.9 Å². The Morgan fingerprint density at radius 3 is 2.60 bits per heavy atom. The van der Waals surface area contributed by atoms with Crippen LogP contribution in [0.25, 0.3) is 0 Å². The van der Waals surface area contributed by atoms with E-state index in [9.17, 15) is 8.42 Å². The lowest BCUT2D eigenvalue weighted by Gasteiger charge is -2.37. The minimum Gasteiger partial charge on any atom is -0.381 e. The van der Waals surface area contributed by atoms with Crippen molar-refractivity contribution in [3.63, 3.8) is 0 Å². The summed E-state index contributed by atoms with van der Waals surface area (Å²) in [6.45, 7) is 0.744. The van der Waals surface area contributed by atoms with E-state index in [2.05, 4.69) is 15.9 Å². The van der Waals surface area contributed by atoms with Gasteiger partial charge in [0.05, 0.1) is 11.0 Å². The molecular weight excluding hydrogens is 344 g/mol. The molecule has 0 spiro atoms. The average molecular weight is 363 g/mol. The van der Waals surface area contributed by atoms with Gasteiger partial charge in [0, 0.05) is 30.7 Å². The third kappa shape index (κ3) is 3.23. The monoisotopic (exact) mass is 362 g/mol. The van der Waals surface area contributed by atoms with E-state index in [-0.39, 0.29) is 12.1 Å². The van der Waals surface area contributed by atoms with Gasteiger partial charge in [0.2, 0.25) is 10.0 Å². The van der Waals surface area contributed by atoms with Crippen molar-refractivity contribution in [3.8, 4) is 0 Å². The highest BCUT2D eigenvalue weighted by molar-refractivity contribution is 9.10. The fourth-order valence-electron chi connectivity index (χ4n) is 2.48. The molecule has 0 saturated carbocycles. The van der Waals surface area contributed by atoms with Crippen LogP contribution in [0.15, 0.2) is 33.6 Å². The molecule has 1 aliphatic heterocycles. The molecule has 0 radical (unpaired) electrons. The second-order valence-corrected chi connectivity index (χ2v) is 7.65. The maximum absolute atomic E-state index is 12.7. The number of nitrogens with zero attached hydrogens (tertiary/aromatic N) is 1. The molecule has 1 saturated heterocycles. The Balaban J connectivity index is 2.26. The Kier molecular flexibility index (Phi) is 5.19. The van der Waals surface area contributed by atoms with Crippen LogP contribution in [0.3, 0.4) is 0 Å². The Morgan fingerprint density at radius 2 is 2.05 bits per heavy atom. The average Bonchev–Trinajstić information content (AvgIpc) is 2.46. The number of sulfonamides is 1. The van der Waals surface area contributed by atoms with Crippen LogP contribution in [0.5, 0.6) is 0 Å². The first-order valence-corrected chi connectivity index (χ1v) is 8.72. The summed E-state index contributed by atoms with van der Waals surface area (Å²) in [5.74, 6) is 0. The second-order valence-electron chi connectivity index (χ2n) is 4.84. The molecule has 2 atom stereocenters. The van der Waals surface area contributed by atoms with Gasteiger partial charge in [-0.15, -0.1) is 0 Å². The largest absolute Gasteiger partial charge is 0.381 e. The molecule has 0 aromatic heterocycles. The minimum absolute atomic E-state index is 0.0833. The van der Waals surface area contributed by atoms with E-state index in [1.165, 1.54) is 4.31 Å². The SMILES string of the molecule is COC1CCN(S(=O)(=O)c2ccc(Br)cc2)C(CN)C1. The summed E-state index contributed by atoms with van der Waals surface area (Å²) in [5, 5.41) is 0. The number of methoxy groups -OCH3 is 1. The van der Waals surface area contributed by atoms with E-state index in [0.717, 1.165) is 4.47 Å². The zero-order valence-electron chi connectivity index (χ0n) is 11.3. The van der Waals surface area contributed by atoms with Crippen LogP contribution in [-0.4, -0.2) is 45.1 Å². The highest BCUT2D eigenvalue weighted by atomic mass is 79.9. The third-order valence-corrected chi connectivity index (χ3v) is 6.13. The van der Waals surface area contributed by atoms with E-state index in [0.29, 0.717) is 30.8 Å². The zero-order valence-corrected chi connectivity index (χ0v) is 13.7. The fraction of sp³-hybridized carbons (Fsp3) is 0.538. The number of nitrogens with two attached hydrogens (primary N) is 1. The van der Waals surface area contributed by atoms with Crippen LogP contribution in [-0.2, 0) is 14.8 Å². The quantitative estimate of drug-likeness (QED) is 0.882. The summed E-state index contributed by atoms with van der Waals surface area (Å²) in [7, 11) is -1.84. The van der Waals surface area contributed by atoms with E-state index >= 15 is 0 Å². The van der Waals surface area contributed by atoms with Gasteiger partial charge in [0.1, 0.15) is 0 Å². The van der Waals surface area contributed by atoms with Gasteiger partial charge in [-0.2, -0.15) is 4.31 Å². The number of rotatable bonds is 4. The molecule has 20 heavy (non-hydrogen) atoms. The number of hydrogen-bond acceptors (Lipinski definition) is 4. The van der Waals surface area contributed by atoms with E-state index < -0.39 is 10.0 Å². The van der Waals surface area contributed by atoms with Crippen LogP contribution >= 0.6 is 15.9 Å². The second kappa shape index (κ2) is 6.53. The predicted octanol–water partition coefficient (Wildman–Crippen LogP) is 1.58. The first-order valence-electron chi connectivity index (χ1n) is 6.49. The molecule has 1 heterocycles. The lowest BCUT2D eigenvalue weighted by molar-refractivity contribution is 0.0401. The molecule has 2 rings (SSSR count). The van der Waals surface area contributed by atoms with Gasteiger partial charge in [0.25, 0.3) is 0 Å². The molecule has 1 aromatic rings. The topological polar surface area (TPSA) is 72.6 Å². The lowest BCUT2D eigenvalue weighted by Crippen LogP contribution is -2.51. The molecule has 5 nitrogen and oxygen atoms in total. The third-order valence-electron chi connectivity index (χ3n) is 3.64. The number of benzene rings is 1. The Hall–Kier alpha value is -0.470. The predicted molar refractivity (Wildman–Crippen MR) is 80.9 cm³/mol. The normalized spacial score (nSPS) is 24.8. The summed E-state index contributed by atoms with van der Waals surface area (Å²) < 4.78 is 33.0. The van der Waals surface area contributed by atoms with Crippen molar-refractivity contribution < 1.29 is 13.2 Å². The smallest absolute Gasteiger partial charge is 0.243 e. The molecule has 2 N–H and O–H groups in total. The van der Waals surface area contributed by atoms with Crippen LogP contribution in [0.2, 0.25) is 0 Å². The van der Waals surface area contributed by atoms with Crippen LogP contribution < -0.4 is 5.73 Å². The Bertz CT molecular complexity index is 547. The zero-order chi connectivity index (χ0) is 14.8. The van der Waals surface area contributed by atoms with Gasteiger partial charge in [-0.1, -0.05) is 15.9 Å². The van der Waals surface area contributed by atoms with Crippen molar-refractivity contribution in [2.24, 2.45) is 5.73 Å². The van der Waals surface area contributed by atoms with E-state index in [1.54, 1.807) is 31.4 Å². The van der Waals surface area contributed by atoms with Crippen molar-refractivity contribution in [3.05, 3.63) is 28.7 Å². The van der Waals surface area contributed by atoms with E-state index in [4.69, 9.17) is 10.5 Å². The number of piperidine rings is 1. The first kappa shape index (κ1) is 15.9. The van der Waals surface area contributed by atoms with Gasteiger partial charge < -0.3 is 10.5 Å². The molecular formula is C13H19BrN2O3S. The molecule has 0 amide bonds. The summed E-state index contributed by atoms with van der Waals surface area (Å²) in [5.41, 5.74) is 5.74. The van der Waals surface area contributed by atoms with Crippen molar-refractivity contribution in [2.75, 3.05) is 20.2 Å². The molecule has 1 aliphatic rings. The molecule has 2 unspecified atom stereocenters. The molecule has 7 heteroatoms. The highest BCUT2D eigenvalue weighted by Crippen LogP contribution is 2.27. The molecule has 0 bridgehead atoms. The Labute approximate surface area is 128 Å². The minimum atomic E-state index is -3.49. The van der Waals surface area contributed by atoms with Crippen molar-refractivity contribution >= 4 is 26.0 Å². The number of halogens is 1. The van der Waals surface area contributed by atoms with E-state index in [1.807, 2.05) is 0 Å². The summed E-state index contributed by atoms with van der Waals surface area (Å²) in [6, 6.07) is 6.46. The lowest BCUT2D eigenvalue weighted by atomic mass is 10.0. The summed E-state index contributed by atoms with van der Waals surface area (Å²) in [6.07, 6.45) is 1.42. The molecule has 1 fully saturated rings. The highest BCUT2D eigenvalue weighted by Gasteiger charge is 2.36. The first-order chi connectivity index (χ1) is 9.48. The Morgan fingerprint density at radius 1 is 1.40 bits per heavy atom. The van der Waals surface area contributed by atoms with Crippen LogP contribution in [0.1, 0.15) is 12.8 Å². The maximum atomic E-state index is 12.7. The summed E-state index contributed by atoms with van der Waals surface area (Å²) >= 11 is 3.31. The summed E-state index contributed by atoms with van der Waals surface area (Å²) in [4.78, 5) is 0.301. The van der Waals surface area contributed by atoms with Crippen LogP contribution in [0, 0.1) is 0 Å².